The van der Waals surface area contributed by atoms with Gasteiger partial charge in [0.1, 0.15) is 5.75 Å². The molecule has 0 aliphatic carbocycles. The zero-order chi connectivity index (χ0) is 16.3. The summed E-state index contributed by atoms with van der Waals surface area (Å²) in [6.07, 6.45) is 10.0. The standard InChI is InChI=1S/C21H29NO/c1-3-5-6-7-16-23-21-14-10-19(11-15-21)9-13-20-12-8-18(4-2)17-22-20/h8,10-12,14-15,17H,3-7,9,13,16H2,1-2H3. The third-order valence-electron chi connectivity index (χ3n) is 4.15. The summed E-state index contributed by atoms with van der Waals surface area (Å²) >= 11 is 0. The van der Waals surface area contributed by atoms with E-state index in [0.29, 0.717) is 0 Å². The second-order valence-corrected chi connectivity index (χ2v) is 6.06. The Morgan fingerprint density at radius 3 is 2.26 bits per heavy atom. The van der Waals surface area contributed by atoms with E-state index in [-0.39, 0.29) is 0 Å². The molecule has 0 amide bonds. The van der Waals surface area contributed by atoms with Gasteiger partial charge in [-0.05, 0) is 55.0 Å². The van der Waals surface area contributed by atoms with Crippen LogP contribution in [0.25, 0.3) is 0 Å². The largest absolute Gasteiger partial charge is 0.494 e. The van der Waals surface area contributed by atoms with Gasteiger partial charge in [-0.25, -0.2) is 0 Å². The van der Waals surface area contributed by atoms with E-state index in [4.69, 9.17) is 4.74 Å². The quantitative estimate of drug-likeness (QED) is 0.549. The maximum absolute atomic E-state index is 5.78. The number of rotatable bonds is 10. The molecular weight excluding hydrogens is 282 g/mol. The minimum absolute atomic E-state index is 0.826. The summed E-state index contributed by atoms with van der Waals surface area (Å²) in [4.78, 5) is 4.52. The van der Waals surface area contributed by atoms with Crippen molar-refractivity contribution in [3.05, 3.63) is 59.4 Å². The molecule has 0 bridgehead atoms. The van der Waals surface area contributed by atoms with Crippen LogP contribution in [-0.4, -0.2) is 11.6 Å². The molecule has 23 heavy (non-hydrogen) atoms. The fourth-order valence-corrected chi connectivity index (χ4v) is 2.56. The summed E-state index contributed by atoms with van der Waals surface area (Å²) in [5.74, 6) is 0.982. The topological polar surface area (TPSA) is 22.1 Å². The molecule has 0 radical (unpaired) electrons. The normalized spacial score (nSPS) is 10.7. The number of nitrogens with zero attached hydrogens (tertiary/aromatic N) is 1. The van der Waals surface area contributed by atoms with Gasteiger partial charge in [0.15, 0.2) is 0 Å². The summed E-state index contributed by atoms with van der Waals surface area (Å²) in [7, 11) is 0. The van der Waals surface area contributed by atoms with Crippen molar-refractivity contribution in [1.82, 2.24) is 4.98 Å². The van der Waals surface area contributed by atoms with Gasteiger partial charge < -0.3 is 4.74 Å². The van der Waals surface area contributed by atoms with Gasteiger partial charge in [0.25, 0.3) is 0 Å². The second-order valence-electron chi connectivity index (χ2n) is 6.06. The number of hydrogen-bond acceptors (Lipinski definition) is 2. The number of unbranched alkanes of at least 4 members (excludes halogenated alkanes) is 3. The van der Waals surface area contributed by atoms with Crippen LogP contribution in [0, 0.1) is 0 Å². The van der Waals surface area contributed by atoms with Crippen LogP contribution in [0.3, 0.4) is 0 Å². The van der Waals surface area contributed by atoms with E-state index in [9.17, 15) is 0 Å². The van der Waals surface area contributed by atoms with Crippen LogP contribution in [0.5, 0.6) is 5.75 Å². The molecule has 1 aromatic carbocycles. The monoisotopic (exact) mass is 311 g/mol. The number of ether oxygens (including phenoxy) is 1. The Bertz CT molecular complexity index is 545. The van der Waals surface area contributed by atoms with Crippen molar-refractivity contribution in [2.24, 2.45) is 0 Å². The predicted octanol–water partition coefficient (Wildman–Crippen LogP) is 5.39. The average molecular weight is 311 g/mol. The molecule has 0 aliphatic heterocycles. The summed E-state index contributed by atoms with van der Waals surface area (Å²) in [5.41, 5.74) is 3.80. The molecule has 0 aliphatic rings. The maximum atomic E-state index is 5.78. The van der Waals surface area contributed by atoms with Crippen molar-refractivity contribution < 1.29 is 4.74 Å². The lowest BCUT2D eigenvalue weighted by Crippen LogP contribution is -1.98. The molecule has 1 aromatic heterocycles. The van der Waals surface area contributed by atoms with E-state index < -0.39 is 0 Å². The van der Waals surface area contributed by atoms with E-state index >= 15 is 0 Å². The molecule has 2 heteroatoms. The van der Waals surface area contributed by atoms with Crippen molar-refractivity contribution in [3.8, 4) is 5.75 Å². The smallest absolute Gasteiger partial charge is 0.119 e. The third-order valence-corrected chi connectivity index (χ3v) is 4.15. The number of benzene rings is 1. The molecule has 124 valence electrons. The highest BCUT2D eigenvalue weighted by Crippen LogP contribution is 2.14. The van der Waals surface area contributed by atoms with E-state index in [0.717, 1.165) is 38.0 Å². The summed E-state index contributed by atoms with van der Waals surface area (Å²) in [6, 6.07) is 12.8. The van der Waals surface area contributed by atoms with Gasteiger partial charge in [-0.1, -0.05) is 51.3 Å². The zero-order valence-corrected chi connectivity index (χ0v) is 14.6. The lowest BCUT2D eigenvalue weighted by Gasteiger charge is -2.07. The molecule has 2 aromatic rings. The van der Waals surface area contributed by atoms with Crippen molar-refractivity contribution in [2.75, 3.05) is 6.61 Å². The van der Waals surface area contributed by atoms with Gasteiger partial charge in [-0.3, -0.25) is 4.98 Å². The van der Waals surface area contributed by atoms with Crippen LogP contribution >= 0.6 is 0 Å². The van der Waals surface area contributed by atoms with E-state index in [2.05, 4.69) is 55.2 Å². The summed E-state index contributed by atoms with van der Waals surface area (Å²) in [5, 5.41) is 0. The molecule has 2 rings (SSSR count). The van der Waals surface area contributed by atoms with Crippen molar-refractivity contribution in [1.29, 1.82) is 0 Å². The van der Waals surface area contributed by atoms with Crippen LogP contribution in [0.4, 0.5) is 0 Å². The van der Waals surface area contributed by atoms with Gasteiger partial charge in [-0.2, -0.15) is 0 Å². The summed E-state index contributed by atoms with van der Waals surface area (Å²) < 4.78 is 5.78. The molecule has 0 spiro atoms. The van der Waals surface area contributed by atoms with Crippen LogP contribution < -0.4 is 4.74 Å². The Balaban J connectivity index is 1.73. The first-order valence-electron chi connectivity index (χ1n) is 8.97. The fourth-order valence-electron chi connectivity index (χ4n) is 2.56. The minimum Gasteiger partial charge on any atom is -0.494 e. The third kappa shape index (κ3) is 6.43. The van der Waals surface area contributed by atoms with Crippen LogP contribution in [0.2, 0.25) is 0 Å². The first kappa shape index (κ1) is 17.5. The maximum Gasteiger partial charge on any atom is 0.119 e. The van der Waals surface area contributed by atoms with Gasteiger partial charge in [0.05, 0.1) is 6.61 Å². The minimum atomic E-state index is 0.826. The molecule has 0 saturated heterocycles. The molecule has 0 unspecified atom stereocenters. The molecular formula is C21H29NO. The van der Waals surface area contributed by atoms with Crippen LogP contribution in [0.1, 0.15) is 56.4 Å². The van der Waals surface area contributed by atoms with Crippen molar-refractivity contribution in [3.63, 3.8) is 0 Å². The van der Waals surface area contributed by atoms with Crippen LogP contribution in [-0.2, 0) is 19.3 Å². The molecule has 0 atom stereocenters. The Hall–Kier alpha value is -1.83. The molecule has 1 heterocycles. The Labute approximate surface area is 140 Å². The van der Waals surface area contributed by atoms with Crippen LogP contribution in [0.15, 0.2) is 42.6 Å². The van der Waals surface area contributed by atoms with Gasteiger partial charge in [-0.15, -0.1) is 0 Å². The lowest BCUT2D eigenvalue weighted by molar-refractivity contribution is 0.305. The van der Waals surface area contributed by atoms with Gasteiger partial charge in [0.2, 0.25) is 0 Å². The molecule has 0 N–H and O–H groups in total. The molecule has 0 fully saturated rings. The second kappa shape index (κ2) is 10.0. The first-order chi connectivity index (χ1) is 11.3. The number of aryl methyl sites for hydroxylation is 3. The zero-order valence-electron chi connectivity index (χ0n) is 14.6. The van der Waals surface area contributed by atoms with E-state index in [1.165, 1.54) is 36.1 Å². The predicted molar refractivity (Wildman–Crippen MR) is 97.1 cm³/mol. The Morgan fingerprint density at radius 1 is 0.826 bits per heavy atom. The highest BCUT2D eigenvalue weighted by Gasteiger charge is 1.99. The van der Waals surface area contributed by atoms with E-state index in [1.807, 2.05) is 6.20 Å². The SMILES string of the molecule is CCCCCCOc1ccc(CCc2ccc(CC)cn2)cc1. The number of aromatic nitrogens is 1. The van der Waals surface area contributed by atoms with Gasteiger partial charge in [0, 0.05) is 11.9 Å². The first-order valence-corrected chi connectivity index (χ1v) is 8.97. The molecule has 2 nitrogen and oxygen atoms in total. The van der Waals surface area contributed by atoms with Crippen molar-refractivity contribution in [2.45, 2.75) is 58.8 Å². The Kier molecular flexibility index (Phi) is 7.65. The van der Waals surface area contributed by atoms with Crippen molar-refractivity contribution >= 4 is 0 Å². The fraction of sp³-hybridized carbons (Fsp3) is 0.476. The Morgan fingerprint density at radius 2 is 1.61 bits per heavy atom. The molecule has 0 saturated carbocycles. The highest BCUT2D eigenvalue weighted by molar-refractivity contribution is 5.28. The number of hydrogen-bond donors (Lipinski definition) is 0. The number of pyridine rings is 1. The van der Waals surface area contributed by atoms with Gasteiger partial charge >= 0.3 is 0 Å². The average Bonchev–Trinajstić information content (AvgIpc) is 2.61. The van der Waals surface area contributed by atoms with E-state index in [1.54, 1.807) is 0 Å². The lowest BCUT2D eigenvalue weighted by atomic mass is 10.1. The highest BCUT2D eigenvalue weighted by atomic mass is 16.5. The summed E-state index contributed by atoms with van der Waals surface area (Å²) in [6.45, 7) is 5.21.